The second-order valence-corrected chi connectivity index (χ2v) is 4.51. The molecule has 2 aromatic rings. The molecule has 1 aromatic carbocycles. The number of nitriles is 1. The zero-order valence-corrected chi connectivity index (χ0v) is 10.6. The molecule has 92 valence electrons. The zero-order valence-electron chi connectivity index (χ0n) is 9.81. The standard InChI is InChI=1S/C13H11FN2OS/c1-17-12-5-4-9(7-11(12)14)13-16-10(8-18-13)3-2-6-15/h4-5,7-8H,2-3H2,1H3. The number of hydrogen-bond donors (Lipinski definition) is 0. The topological polar surface area (TPSA) is 45.9 Å². The van der Waals surface area contributed by atoms with Gasteiger partial charge < -0.3 is 4.74 Å². The molecule has 1 aromatic heterocycles. The van der Waals surface area contributed by atoms with Gasteiger partial charge in [-0.25, -0.2) is 9.37 Å². The van der Waals surface area contributed by atoms with Crippen LogP contribution in [-0.4, -0.2) is 12.1 Å². The number of thiazole rings is 1. The number of methoxy groups -OCH3 is 1. The average molecular weight is 262 g/mol. The number of hydrogen-bond acceptors (Lipinski definition) is 4. The predicted molar refractivity (Wildman–Crippen MR) is 68.0 cm³/mol. The van der Waals surface area contributed by atoms with Crippen molar-refractivity contribution in [1.29, 1.82) is 5.26 Å². The lowest BCUT2D eigenvalue weighted by molar-refractivity contribution is 0.386. The monoisotopic (exact) mass is 262 g/mol. The molecule has 1 heterocycles. The van der Waals surface area contributed by atoms with Crippen LogP contribution >= 0.6 is 11.3 Å². The van der Waals surface area contributed by atoms with Crippen molar-refractivity contribution < 1.29 is 9.13 Å². The largest absolute Gasteiger partial charge is 0.494 e. The summed E-state index contributed by atoms with van der Waals surface area (Å²) >= 11 is 1.45. The number of nitrogens with zero attached hydrogens (tertiary/aromatic N) is 2. The van der Waals surface area contributed by atoms with Crippen LogP contribution in [0.15, 0.2) is 23.6 Å². The summed E-state index contributed by atoms with van der Waals surface area (Å²) in [4.78, 5) is 4.37. The summed E-state index contributed by atoms with van der Waals surface area (Å²) in [7, 11) is 1.43. The van der Waals surface area contributed by atoms with E-state index < -0.39 is 5.82 Å². The smallest absolute Gasteiger partial charge is 0.165 e. The van der Waals surface area contributed by atoms with Crippen LogP contribution in [0.3, 0.4) is 0 Å². The van der Waals surface area contributed by atoms with Gasteiger partial charge in [0.25, 0.3) is 0 Å². The second kappa shape index (κ2) is 5.61. The fraction of sp³-hybridized carbons (Fsp3) is 0.231. The van der Waals surface area contributed by atoms with E-state index in [9.17, 15) is 4.39 Å². The maximum Gasteiger partial charge on any atom is 0.165 e. The van der Waals surface area contributed by atoms with Crippen LogP contribution < -0.4 is 4.74 Å². The summed E-state index contributed by atoms with van der Waals surface area (Å²) in [5.74, 6) is -0.177. The predicted octanol–water partition coefficient (Wildman–Crippen LogP) is 3.41. The van der Waals surface area contributed by atoms with Gasteiger partial charge >= 0.3 is 0 Å². The van der Waals surface area contributed by atoms with Crippen LogP contribution in [-0.2, 0) is 6.42 Å². The Morgan fingerprint density at radius 2 is 2.33 bits per heavy atom. The number of ether oxygens (including phenoxy) is 1. The molecule has 3 nitrogen and oxygen atoms in total. The normalized spacial score (nSPS) is 10.1. The number of benzene rings is 1. The van der Waals surface area contributed by atoms with Crippen molar-refractivity contribution in [3.8, 4) is 22.4 Å². The van der Waals surface area contributed by atoms with E-state index in [1.807, 2.05) is 5.38 Å². The molecule has 18 heavy (non-hydrogen) atoms. The van der Waals surface area contributed by atoms with E-state index in [0.717, 1.165) is 16.3 Å². The number of aryl methyl sites for hydroxylation is 1. The second-order valence-electron chi connectivity index (χ2n) is 3.65. The van der Waals surface area contributed by atoms with E-state index in [-0.39, 0.29) is 5.75 Å². The quantitative estimate of drug-likeness (QED) is 0.848. The molecule has 0 unspecified atom stereocenters. The van der Waals surface area contributed by atoms with Crippen molar-refractivity contribution in [2.24, 2.45) is 0 Å². The average Bonchev–Trinajstić information content (AvgIpc) is 2.85. The minimum atomic E-state index is -0.399. The minimum Gasteiger partial charge on any atom is -0.494 e. The molecule has 0 fully saturated rings. The Hall–Kier alpha value is -1.93. The molecule has 0 saturated carbocycles. The van der Waals surface area contributed by atoms with E-state index in [2.05, 4.69) is 11.1 Å². The van der Waals surface area contributed by atoms with Crippen molar-refractivity contribution in [2.45, 2.75) is 12.8 Å². The van der Waals surface area contributed by atoms with Gasteiger partial charge in [-0.05, 0) is 18.2 Å². The van der Waals surface area contributed by atoms with E-state index in [4.69, 9.17) is 10.00 Å². The van der Waals surface area contributed by atoms with E-state index in [0.29, 0.717) is 12.8 Å². The molecule has 0 amide bonds. The van der Waals surface area contributed by atoms with Crippen molar-refractivity contribution in [2.75, 3.05) is 7.11 Å². The first-order valence-corrected chi connectivity index (χ1v) is 6.28. The first kappa shape index (κ1) is 12.5. The van der Waals surface area contributed by atoms with Gasteiger partial charge in [0, 0.05) is 23.8 Å². The van der Waals surface area contributed by atoms with Crippen LogP contribution in [0.1, 0.15) is 12.1 Å². The van der Waals surface area contributed by atoms with E-state index >= 15 is 0 Å². The Morgan fingerprint density at radius 3 is 3.00 bits per heavy atom. The minimum absolute atomic E-state index is 0.222. The highest BCUT2D eigenvalue weighted by atomic mass is 32.1. The summed E-state index contributed by atoms with van der Waals surface area (Å²) in [6.45, 7) is 0. The van der Waals surface area contributed by atoms with Gasteiger partial charge in [-0.3, -0.25) is 0 Å². The lowest BCUT2D eigenvalue weighted by atomic mass is 10.2. The van der Waals surface area contributed by atoms with Crippen LogP contribution in [0.2, 0.25) is 0 Å². The van der Waals surface area contributed by atoms with Crippen molar-refractivity contribution in [1.82, 2.24) is 4.98 Å². The highest BCUT2D eigenvalue weighted by Gasteiger charge is 2.08. The van der Waals surface area contributed by atoms with Gasteiger partial charge in [0.05, 0.1) is 18.9 Å². The Kier molecular flexibility index (Phi) is 3.90. The lowest BCUT2D eigenvalue weighted by Crippen LogP contribution is -1.89. The third kappa shape index (κ3) is 2.66. The fourth-order valence-electron chi connectivity index (χ4n) is 1.54. The molecule has 0 N–H and O–H groups in total. The first-order chi connectivity index (χ1) is 8.74. The maximum atomic E-state index is 13.6. The fourth-order valence-corrected chi connectivity index (χ4v) is 2.39. The summed E-state index contributed by atoms with van der Waals surface area (Å²) in [5.41, 5.74) is 1.59. The Balaban J connectivity index is 2.23. The highest BCUT2D eigenvalue weighted by molar-refractivity contribution is 7.13. The van der Waals surface area contributed by atoms with Gasteiger partial charge in [-0.15, -0.1) is 11.3 Å². The van der Waals surface area contributed by atoms with Gasteiger partial charge in [0.2, 0.25) is 0 Å². The molecule has 5 heteroatoms. The molecule has 0 aliphatic carbocycles. The van der Waals surface area contributed by atoms with Crippen molar-refractivity contribution in [3.63, 3.8) is 0 Å². The maximum absolute atomic E-state index is 13.6. The third-order valence-electron chi connectivity index (χ3n) is 2.44. The van der Waals surface area contributed by atoms with Crippen LogP contribution in [0.25, 0.3) is 10.6 Å². The molecule has 0 spiro atoms. The SMILES string of the molecule is COc1ccc(-c2nc(CCC#N)cs2)cc1F. The van der Waals surface area contributed by atoms with E-state index in [1.165, 1.54) is 24.5 Å². The first-order valence-electron chi connectivity index (χ1n) is 5.40. The highest BCUT2D eigenvalue weighted by Crippen LogP contribution is 2.28. The summed E-state index contributed by atoms with van der Waals surface area (Å²) in [6.07, 6.45) is 1.08. The molecule has 0 atom stereocenters. The molecule has 0 aliphatic rings. The molecular weight excluding hydrogens is 251 g/mol. The Morgan fingerprint density at radius 1 is 1.50 bits per heavy atom. The van der Waals surface area contributed by atoms with Crippen molar-refractivity contribution >= 4 is 11.3 Å². The van der Waals surface area contributed by atoms with Crippen molar-refractivity contribution in [3.05, 3.63) is 35.1 Å². The molecular formula is C13H11FN2OS. The molecule has 2 rings (SSSR count). The molecule has 0 aliphatic heterocycles. The van der Waals surface area contributed by atoms with Gasteiger partial charge in [-0.2, -0.15) is 5.26 Å². The Bertz CT molecular complexity index is 589. The molecule has 0 saturated heterocycles. The van der Waals surface area contributed by atoms with Gasteiger partial charge in [-0.1, -0.05) is 0 Å². The number of rotatable bonds is 4. The Labute approximate surface area is 108 Å². The number of halogens is 1. The van der Waals surface area contributed by atoms with E-state index in [1.54, 1.807) is 12.1 Å². The lowest BCUT2D eigenvalue weighted by Gasteiger charge is -2.02. The summed E-state index contributed by atoms with van der Waals surface area (Å²) in [6, 6.07) is 6.84. The van der Waals surface area contributed by atoms with Crippen LogP contribution in [0.4, 0.5) is 4.39 Å². The van der Waals surface area contributed by atoms with Gasteiger partial charge in [0.1, 0.15) is 5.01 Å². The zero-order chi connectivity index (χ0) is 13.0. The summed E-state index contributed by atoms with van der Waals surface area (Å²) < 4.78 is 18.4. The van der Waals surface area contributed by atoms with Gasteiger partial charge in [0.15, 0.2) is 11.6 Å². The summed E-state index contributed by atoms with van der Waals surface area (Å²) in [5, 5.41) is 11.2. The molecule has 0 bridgehead atoms. The van der Waals surface area contributed by atoms with Crippen LogP contribution in [0, 0.1) is 17.1 Å². The number of aromatic nitrogens is 1. The van der Waals surface area contributed by atoms with Crippen LogP contribution in [0.5, 0.6) is 5.75 Å². The molecule has 0 radical (unpaired) electrons. The third-order valence-corrected chi connectivity index (χ3v) is 3.38.